The van der Waals surface area contributed by atoms with Crippen LogP contribution in [0.25, 0.3) is 0 Å². The lowest BCUT2D eigenvalue weighted by atomic mass is 10.0. The summed E-state index contributed by atoms with van der Waals surface area (Å²) >= 11 is 0. The van der Waals surface area contributed by atoms with E-state index in [2.05, 4.69) is 24.4 Å². The number of rotatable bonds is 9. The van der Waals surface area contributed by atoms with Crippen LogP contribution in [-0.4, -0.2) is 31.8 Å². The zero-order valence-corrected chi connectivity index (χ0v) is 12.9. The van der Waals surface area contributed by atoms with Crippen molar-refractivity contribution in [3.8, 4) is 5.75 Å². The number of methoxy groups -OCH3 is 1. The molecule has 1 aromatic rings. The van der Waals surface area contributed by atoms with Crippen molar-refractivity contribution >= 4 is 5.97 Å². The third kappa shape index (κ3) is 5.76. The van der Waals surface area contributed by atoms with Gasteiger partial charge in [-0.3, -0.25) is 4.79 Å². The molecule has 0 bridgehead atoms. The molecular formula is C17H25NO3. The number of carbonyl (C=O) groups is 1. The number of esters is 1. The zero-order chi connectivity index (χ0) is 15.1. The highest BCUT2D eigenvalue weighted by atomic mass is 16.5. The van der Waals surface area contributed by atoms with Crippen LogP contribution >= 0.6 is 0 Å². The minimum atomic E-state index is -0.156. The van der Waals surface area contributed by atoms with E-state index >= 15 is 0 Å². The van der Waals surface area contributed by atoms with E-state index in [0.29, 0.717) is 12.5 Å². The predicted molar refractivity (Wildman–Crippen MR) is 82.5 cm³/mol. The molecule has 21 heavy (non-hydrogen) atoms. The summed E-state index contributed by atoms with van der Waals surface area (Å²) in [6, 6.07) is 8.86. The first-order valence-electron chi connectivity index (χ1n) is 7.76. The van der Waals surface area contributed by atoms with Crippen molar-refractivity contribution in [2.45, 2.75) is 51.1 Å². The van der Waals surface area contributed by atoms with E-state index in [1.807, 2.05) is 12.1 Å². The number of benzene rings is 1. The summed E-state index contributed by atoms with van der Waals surface area (Å²) in [5.74, 6) is 0.747. The van der Waals surface area contributed by atoms with E-state index in [1.165, 1.54) is 25.5 Å². The van der Waals surface area contributed by atoms with Gasteiger partial charge in [0, 0.05) is 12.1 Å². The number of nitrogens with one attached hydrogen (secondary N) is 1. The summed E-state index contributed by atoms with van der Waals surface area (Å²) in [7, 11) is 1.44. The maximum absolute atomic E-state index is 11.5. The molecule has 1 saturated carbocycles. The monoisotopic (exact) mass is 291 g/mol. The molecule has 0 spiro atoms. The lowest BCUT2D eigenvalue weighted by molar-refractivity contribution is -0.141. The van der Waals surface area contributed by atoms with Crippen molar-refractivity contribution in [2.24, 2.45) is 0 Å². The van der Waals surface area contributed by atoms with Gasteiger partial charge in [0.2, 0.25) is 0 Å². The molecule has 0 amide bonds. The van der Waals surface area contributed by atoms with Gasteiger partial charge in [0.15, 0.2) is 0 Å². The molecule has 116 valence electrons. The Morgan fingerprint density at radius 1 is 1.33 bits per heavy atom. The molecule has 2 rings (SSSR count). The Kier molecular flexibility index (Phi) is 6.05. The van der Waals surface area contributed by atoms with Crippen LogP contribution in [0.4, 0.5) is 0 Å². The van der Waals surface area contributed by atoms with Gasteiger partial charge in [-0.2, -0.15) is 0 Å². The van der Waals surface area contributed by atoms with Crippen LogP contribution < -0.4 is 10.1 Å². The third-order valence-electron chi connectivity index (χ3n) is 3.57. The minimum Gasteiger partial charge on any atom is -0.494 e. The minimum absolute atomic E-state index is 0.146. The highest BCUT2D eigenvalue weighted by Crippen LogP contribution is 2.22. The van der Waals surface area contributed by atoms with Crippen molar-refractivity contribution in [1.29, 1.82) is 0 Å². The molecule has 1 aliphatic carbocycles. The lowest BCUT2D eigenvalue weighted by Gasteiger charge is -2.17. The number of carbonyl (C=O) groups excluding carboxylic acids is 1. The van der Waals surface area contributed by atoms with E-state index in [0.717, 1.165) is 25.2 Å². The fraction of sp³-hybridized carbons (Fsp3) is 0.588. The summed E-state index contributed by atoms with van der Waals surface area (Å²) in [5.41, 5.74) is 1.21. The molecule has 0 saturated heterocycles. The standard InChI is InChI=1S/C17H25NO3/c1-3-10-21-16-8-4-13(5-9-16)11-15(12-17(19)20-2)18-14-6-7-14/h4-5,8-9,14-15,18H,3,6-7,10-12H2,1-2H3. The van der Waals surface area contributed by atoms with Gasteiger partial charge in [0.25, 0.3) is 0 Å². The molecule has 0 aliphatic heterocycles. The van der Waals surface area contributed by atoms with Crippen molar-refractivity contribution < 1.29 is 14.3 Å². The summed E-state index contributed by atoms with van der Waals surface area (Å²) < 4.78 is 10.4. The van der Waals surface area contributed by atoms with Crippen LogP contribution in [0.3, 0.4) is 0 Å². The smallest absolute Gasteiger partial charge is 0.307 e. The maximum Gasteiger partial charge on any atom is 0.307 e. The second kappa shape index (κ2) is 8.03. The molecule has 1 atom stereocenters. The topological polar surface area (TPSA) is 47.6 Å². The maximum atomic E-state index is 11.5. The van der Waals surface area contributed by atoms with Crippen LogP contribution in [0, 0.1) is 0 Å². The van der Waals surface area contributed by atoms with Gasteiger partial charge in [-0.1, -0.05) is 19.1 Å². The van der Waals surface area contributed by atoms with Gasteiger partial charge in [-0.25, -0.2) is 0 Å². The summed E-state index contributed by atoms with van der Waals surface area (Å²) in [4.78, 5) is 11.5. The summed E-state index contributed by atoms with van der Waals surface area (Å²) in [5, 5.41) is 3.52. The largest absolute Gasteiger partial charge is 0.494 e. The average Bonchev–Trinajstić information content (AvgIpc) is 3.30. The Bertz CT molecular complexity index is 440. The molecule has 1 aliphatic rings. The Labute approximate surface area is 126 Å². The Hall–Kier alpha value is -1.55. The summed E-state index contributed by atoms with van der Waals surface area (Å²) in [6.45, 7) is 2.84. The van der Waals surface area contributed by atoms with Crippen molar-refractivity contribution in [3.05, 3.63) is 29.8 Å². The van der Waals surface area contributed by atoms with Crippen LogP contribution in [0.1, 0.15) is 38.2 Å². The molecule has 1 unspecified atom stereocenters. The van der Waals surface area contributed by atoms with Crippen LogP contribution in [-0.2, 0) is 16.0 Å². The Balaban J connectivity index is 1.89. The van der Waals surface area contributed by atoms with E-state index in [4.69, 9.17) is 9.47 Å². The Morgan fingerprint density at radius 2 is 2.05 bits per heavy atom. The second-order valence-electron chi connectivity index (χ2n) is 5.61. The normalized spacial score (nSPS) is 15.5. The lowest BCUT2D eigenvalue weighted by Crippen LogP contribution is -2.35. The van der Waals surface area contributed by atoms with Crippen molar-refractivity contribution in [2.75, 3.05) is 13.7 Å². The summed E-state index contributed by atoms with van der Waals surface area (Å²) in [6.07, 6.45) is 4.68. The first-order valence-corrected chi connectivity index (χ1v) is 7.76. The zero-order valence-electron chi connectivity index (χ0n) is 12.9. The van der Waals surface area contributed by atoms with Crippen LogP contribution in [0.2, 0.25) is 0 Å². The number of hydrogen-bond acceptors (Lipinski definition) is 4. The number of hydrogen-bond donors (Lipinski definition) is 1. The molecule has 4 heteroatoms. The van der Waals surface area contributed by atoms with Crippen LogP contribution in [0.15, 0.2) is 24.3 Å². The van der Waals surface area contributed by atoms with E-state index in [-0.39, 0.29) is 12.0 Å². The second-order valence-corrected chi connectivity index (χ2v) is 5.61. The predicted octanol–water partition coefficient (Wildman–Crippen LogP) is 2.70. The molecule has 0 radical (unpaired) electrons. The van der Waals surface area contributed by atoms with Gasteiger partial charge < -0.3 is 14.8 Å². The van der Waals surface area contributed by atoms with Crippen molar-refractivity contribution in [3.63, 3.8) is 0 Å². The van der Waals surface area contributed by atoms with Gasteiger partial charge in [-0.15, -0.1) is 0 Å². The third-order valence-corrected chi connectivity index (χ3v) is 3.57. The quantitative estimate of drug-likeness (QED) is 0.711. The average molecular weight is 291 g/mol. The molecule has 1 fully saturated rings. The fourth-order valence-corrected chi connectivity index (χ4v) is 2.28. The van der Waals surface area contributed by atoms with Gasteiger partial charge in [0.05, 0.1) is 20.1 Å². The van der Waals surface area contributed by atoms with Gasteiger partial charge in [0.1, 0.15) is 5.75 Å². The number of ether oxygens (including phenoxy) is 2. The highest BCUT2D eigenvalue weighted by molar-refractivity contribution is 5.70. The van der Waals surface area contributed by atoms with E-state index < -0.39 is 0 Å². The molecule has 0 heterocycles. The highest BCUT2D eigenvalue weighted by Gasteiger charge is 2.26. The molecular weight excluding hydrogens is 266 g/mol. The van der Waals surface area contributed by atoms with E-state index in [9.17, 15) is 4.79 Å². The van der Waals surface area contributed by atoms with Gasteiger partial charge >= 0.3 is 5.97 Å². The SMILES string of the molecule is CCCOc1ccc(CC(CC(=O)OC)NC2CC2)cc1. The van der Waals surface area contributed by atoms with Crippen LogP contribution in [0.5, 0.6) is 5.75 Å². The molecule has 1 N–H and O–H groups in total. The Morgan fingerprint density at radius 3 is 2.62 bits per heavy atom. The van der Waals surface area contributed by atoms with Gasteiger partial charge in [-0.05, 0) is 43.4 Å². The fourth-order valence-electron chi connectivity index (χ4n) is 2.28. The molecule has 1 aromatic carbocycles. The van der Waals surface area contributed by atoms with E-state index in [1.54, 1.807) is 0 Å². The first-order chi connectivity index (χ1) is 10.2. The first kappa shape index (κ1) is 15.8. The molecule has 4 nitrogen and oxygen atoms in total. The molecule has 0 aromatic heterocycles. The van der Waals surface area contributed by atoms with Crippen molar-refractivity contribution in [1.82, 2.24) is 5.32 Å².